The molecule has 1 saturated heterocycles. The van der Waals surface area contributed by atoms with E-state index in [1.54, 1.807) is 12.5 Å². The van der Waals surface area contributed by atoms with E-state index in [2.05, 4.69) is 34.1 Å². The quantitative estimate of drug-likeness (QED) is 0.729. The second kappa shape index (κ2) is 7.44. The number of rotatable bonds is 4. The Bertz CT molecular complexity index is 835. The third kappa shape index (κ3) is 3.61. The van der Waals surface area contributed by atoms with E-state index in [9.17, 15) is 4.79 Å². The molecule has 0 unspecified atom stereocenters. The number of hydrogen-bond acceptors (Lipinski definition) is 3. The lowest BCUT2D eigenvalue weighted by atomic mass is 10.1. The molecule has 0 aliphatic carbocycles. The molecule has 0 spiro atoms. The summed E-state index contributed by atoms with van der Waals surface area (Å²) in [5.74, 6) is 0.117. The third-order valence-electron chi connectivity index (χ3n) is 4.81. The number of carbonyl (C=O) groups is 1. The molecule has 0 N–H and O–H groups in total. The lowest BCUT2D eigenvalue weighted by molar-refractivity contribution is 0.0747. The molecule has 5 nitrogen and oxygen atoms in total. The van der Waals surface area contributed by atoms with Crippen molar-refractivity contribution in [3.8, 4) is 0 Å². The van der Waals surface area contributed by atoms with Gasteiger partial charge in [-0.3, -0.25) is 4.79 Å². The molecule has 3 aromatic rings. The predicted molar refractivity (Wildman–Crippen MR) is 102 cm³/mol. The van der Waals surface area contributed by atoms with Crippen molar-refractivity contribution in [2.75, 3.05) is 31.1 Å². The van der Waals surface area contributed by atoms with Gasteiger partial charge in [0.25, 0.3) is 5.91 Å². The number of para-hydroxylation sites is 1. The van der Waals surface area contributed by atoms with E-state index in [4.69, 9.17) is 0 Å². The topological polar surface area (TPSA) is 41.4 Å². The normalized spacial score (nSPS) is 14.5. The van der Waals surface area contributed by atoms with Crippen LogP contribution in [0.5, 0.6) is 0 Å². The van der Waals surface area contributed by atoms with Gasteiger partial charge in [-0.1, -0.05) is 30.3 Å². The fourth-order valence-electron chi connectivity index (χ4n) is 3.33. The Morgan fingerprint density at radius 1 is 0.923 bits per heavy atom. The van der Waals surface area contributed by atoms with Crippen LogP contribution in [0.15, 0.2) is 73.3 Å². The van der Waals surface area contributed by atoms with Crippen LogP contribution in [0.3, 0.4) is 0 Å². The minimum absolute atomic E-state index is 0.117. The maximum atomic E-state index is 12.8. The number of benzene rings is 2. The van der Waals surface area contributed by atoms with Gasteiger partial charge in [-0.05, 0) is 29.8 Å². The fraction of sp³-hybridized carbons (Fsp3) is 0.238. The molecule has 0 atom stereocenters. The molecule has 26 heavy (non-hydrogen) atoms. The average Bonchev–Trinajstić information content (AvgIpc) is 3.22. The molecule has 0 saturated carbocycles. The molecule has 1 fully saturated rings. The zero-order chi connectivity index (χ0) is 17.8. The lowest BCUT2D eigenvalue weighted by Crippen LogP contribution is -2.48. The summed E-state index contributed by atoms with van der Waals surface area (Å²) in [5.41, 5.74) is 3.14. The van der Waals surface area contributed by atoms with Crippen LogP contribution in [0.25, 0.3) is 0 Å². The molecule has 4 rings (SSSR count). The first-order valence-corrected chi connectivity index (χ1v) is 8.93. The van der Waals surface area contributed by atoms with Crippen molar-refractivity contribution < 1.29 is 4.79 Å². The van der Waals surface area contributed by atoms with E-state index in [-0.39, 0.29) is 5.91 Å². The number of anilines is 1. The van der Waals surface area contributed by atoms with E-state index < -0.39 is 0 Å². The molecule has 0 bridgehead atoms. The van der Waals surface area contributed by atoms with E-state index in [1.807, 2.05) is 46.0 Å². The highest BCUT2D eigenvalue weighted by atomic mass is 16.2. The molecule has 1 aliphatic rings. The number of carbonyl (C=O) groups excluding carboxylic acids is 1. The first-order chi connectivity index (χ1) is 12.8. The van der Waals surface area contributed by atoms with Crippen LogP contribution in [-0.2, 0) is 6.54 Å². The molecular formula is C21H22N4O. The number of imidazole rings is 1. The van der Waals surface area contributed by atoms with Gasteiger partial charge in [-0.2, -0.15) is 0 Å². The summed E-state index contributed by atoms with van der Waals surface area (Å²) in [4.78, 5) is 21.1. The fourth-order valence-corrected chi connectivity index (χ4v) is 3.33. The van der Waals surface area contributed by atoms with Crippen LogP contribution < -0.4 is 4.90 Å². The van der Waals surface area contributed by atoms with Gasteiger partial charge in [0.05, 0.1) is 6.33 Å². The van der Waals surface area contributed by atoms with Crippen LogP contribution in [0.2, 0.25) is 0 Å². The Morgan fingerprint density at radius 3 is 2.31 bits per heavy atom. The number of nitrogens with zero attached hydrogens (tertiary/aromatic N) is 4. The molecule has 5 heteroatoms. The minimum atomic E-state index is 0.117. The van der Waals surface area contributed by atoms with Crippen molar-refractivity contribution in [1.82, 2.24) is 14.5 Å². The zero-order valence-electron chi connectivity index (χ0n) is 14.7. The second-order valence-electron chi connectivity index (χ2n) is 6.55. The Morgan fingerprint density at radius 2 is 1.65 bits per heavy atom. The standard InChI is InChI=1S/C21H22N4O/c26-21(19-8-6-18(7-9-19)16-23-11-10-22-17-23)25-14-12-24(13-15-25)20-4-2-1-3-5-20/h1-11,17H,12-16H2. The summed E-state index contributed by atoms with van der Waals surface area (Å²) >= 11 is 0. The predicted octanol–water partition coefficient (Wildman–Crippen LogP) is 2.89. The molecule has 2 heterocycles. The van der Waals surface area contributed by atoms with Crippen molar-refractivity contribution in [2.45, 2.75) is 6.54 Å². The molecular weight excluding hydrogens is 324 g/mol. The molecule has 1 aromatic heterocycles. The summed E-state index contributed by atoms with van der Waals surface area (Å²) in [6.07, 6.45) is 5.50. The number of aromatic nitrogens is 2. The Balaban J connectivity index is 1.36. The van der Waals surface area contributed by atoms with Gasteiger partial charge in [0.15, 0.2) is 0 Å². The van der Waals surface area contributed by atoms with Gasteiger partial charge < -0.3 is 14.4 Å². The average molecular weight is 346 g/mol. The molecule has 1 aliphatic heterocycles. The lowest BCUT2D eigenvalue weighted by Gasteiger charge is -2.36. The maximum absolute atomic E-state index is 12.8. The van der Waals surface area contributed by atoms with Crippen LogP contribution in [0.1, 0.15) is 15.9 Å². The number of hydrogen-bond donors (Lipinski definition) is 0. The Kier molecular flexibility index (Phi) is 4.69. The van der Waals surface area contributed by atoms with E-state index >= 15 is 0 Å². The van der Waals surface area contributed by atoms with Crippen molar-refractivity contribution in [3.05, 3.63) is 84.4 Å². The first kappa shape index (κ1) is 16.4. The van der Waals surface area contributed by atoms with Gasteiger partial charge in [0, 0.05) is 56.4 Å². The Labute approximate surface area is 153 Å². The number of piperazine rings is 1. The first-order valence-electron chi connectivity index (χ1n) is 8.93. The van der Waals surface area contributed by atoms with Crippen molar-refractivity contribution >= 4 is 11.6 Å². The zero-order valence-corrected chi connectivity index (χ0v) is 14.7. The monoisotopic (exact) mass is 346 g/mol. The second-order valence-corrected chi connectivity index (χ2v) is 6.55. The Hall–Kier alpha value is -3.08. The molecule has 2 aromatic carbocycles. The maximum Gasteiger partial charge on any atom is 0.253 e. The molecule has 0 radical (unpaired) electrons. The summed E-state index contributed by atoms with van der Waals surface area (Å²) in [5, 5.41) is 0. The smallest absolute Gasteiger partial charge is 0.253 e. The largest absolute Gasteiger partial charge is 0.368 e. The highest BCUT2D eigenvalue weighted by Crippen LogP contribution is 2.17. The van der Waals surface area contributed by atoms with E-state index in [1.165, 1.54) is 5.69 Å². The van der Waals surface area contributed by atoms with Crippen molar-refractivity contribution in [3.63, 3.8) is 0 Å². The minimum Gasteiger partial charge on any atom is -0.368 e. The van der Waals surface area contributed by atoms with E-state index in [0.29, 0.717) is 0 Å². The highest BCUT2D eigenvalue weighted by molar-refractivity contribution is 5.94. The third-order valence-corrected chi connectivity index (χ3v) is 4.81. The summed E-state index contributed by atoms with van der Waals surface area (Å²) in [6, 6.07) is 18.3. The van der Waals surface area contributed by atoms with Crippen molar-refractivity contribution in [1.29, 1.82) is 0 Å². The van der Waals surface area contributed by atoms with Crippen LogP contribution in [-0.4, -0.2) is 46.5 Å². The van der Waals surface area contributed by atoms with Crippen molar-refractivity contribution in [2.24, 2.45) is 0 Å². The molecule has 1 amide bonds. The molecule has 132 valence electrons. The van der Waals surface area contributed by atoms with Gasteiger partial charge in [-0.15, -0.1) is 0 Å². The van der Waals surface area contributed by atoms with Gasteiger partial charge in [-0.25, -0.2) is 4.98 Å². The number of amides is 1. The summed E-state index contributed by atoms with van der Waals surface area (Å²) in [6.45, 7) is 4.02. The van der Waals surface area contributed by atoms with Gasteiger partial charge in [0.2, 0.25) is 0 Å². The summed E-state index contributed by atoms with van der Waals surface area (Å²) < 4.78 is 2.01. The van der Waals surface area contributed by atoms with Crippen LogP contribution in [0, 0.1) is 0 Å². The SMILES string of the molecule is O=C(c1ccc(Cn2ccnc2)cc1)N1CCN(c2ccccc2)CC1. The highest BCUT2D eigenvalue weighted by Gasteiger charge is 2.22. The van der Waals surface area contributed by atoms with Crippen LogP contribution >= 0.6 is 0 Å². The van der Waals surface area contributed by atoms with Gasteiger partial charge >= 0.3 is 0 Å². The summed E-state index contributed by atoms with van der Waals surface area (Å²) in [7, 11) is 0. The van der Waals surface area contributed by atoms with E-state index in [0.717, 1.165) is 43.9 Å². The van der Waals surface area contributed by atoms with Crippen LogP contribution in [0.4, 0.5) is 5.69 Å². The van der Waals surface area contributed by atoms with Gasteiger partial charge in [0.1, 0.15) is 0 Å².